The molecule has 9 aliphatic rings. The van der Waals surface area contributed by atoms with Gasteiger partial charge >= 0.3 is 552 Å². The summed E-state index contributed by atoms with van der Waals surface area (Å²) in [5.41, 5.74) is 30.4. The van der Waals surface area contributed by atoms with E-state index < -0.39 is 17.6 Å². The molecule has 12 aromatic rings. The Bertz CT molecular complexity index is 4540. The van der Waals surface area contributed by atoms with Crippen LogP contribution in [0.5, 0.6) is 11.5 Å². The summed E-state index contributed by atoms with van der Waals surface area (Å²) in [6.07, 6.45) is 3.68. The summed E-state index contributed by atoms with van der Waals surface area (Å²) < 4.78 is 9.52. The Kier molecular flexibility index (Phi) is 13.3. The molecule has 6 heteroatoms. The minimum atomic E-state index is -1.38. The number of benzene rings is 12. The SMILES string of the molecule is CC(C)(C)c1cc2c3c(c1)-c1ccc(cc1)CCc1ccc(cc1)-c1cc(C(C)(C)C)cc(c1N1[C]4=[Pt]=[C]5N(c6cccc(c6)Oc6cccc(c6)N4c4ccc(-c6ccccc6)cc41)c1ccc(-c4ccccc4)cc1N53)-c1ccc(cc1)CCc1ccc-2cc1. The van der Waals surface area contributed by atoms with E-state index in [0.29, 0.717) is 0 Å². The van der Waals surface area contributed by atoms with Crippen molar-refractivity contribution in [2.75, 3.05) is 19.6 Å². The Hall–Kier alpha value is -9.93. The molecule has 9 heterocycles. The molecule has 0 amide bonds. The summed E-state index contributed by atoms with van der Waals surface area (Å²) in [6, 6.07) is 102. The van der Waals surface area contributed by atoms with Crippen molar-refractivity contribution >= 4 is 53.8 Å². The summed E-state index contributed by atoms with van der Waals surface area (Å²) in [5.74, 6) is 1.55. The third-order valence-corrected chi connectivity index (χ3v) is 22.3. The normalized spacial score (nSPS) is 14.5. The van der Waals surface area contributed by atoms with Crippen molar-refractivity contribution in [2.24, 2.45) is 0 Å². The maximum absolute atomic E-state index is 7.14. The standard InChI is InChI=1S/C86H70N4O.Pt/c1-85(2,3)69-49-75-63-35-27-57(28-36-63)23-25-59-31-39-65(40-32-59)77-51-70(86(4,5)6)52-78-66-41-33-60(34-42-66)26-24-58-29-37-64(38-30-58)76(50-69)83(75)89-55-87(79-45-43-67(47-81(79)89)61-15-9-7-10-16-61)71-19-13-21-73(53-71)91-74-22-14-20-72(54-74)88-56-90(84(77)78)82-48-68(44-46-80(82)88)62-17-11-8-12-18-62;/h7-22,27-54H,23-26H2,1-6H3;. The van der Waals surface area contributed by atoms with Crippen LogP contribution in [0.1, 0.15) is 74.9 Å². The van der Waals surface area contributed by atoms with Gasteiger partial charge in [0.15, 0.2) is 0 Å². The molecule has 16 bridgehead atoms. The van der Waals surface area contributed by atoms with Crippen molar-refractivity contribution in [1.82, 2.24) is 0 Å². The van der Waals surface area contributed by atoms with Crippen molar-refractivity contribution < 1.29 is 22.4 Å². The van der Waals surface area contributed by atoms with Crippen molar-refractivity contribution in [1.29, 1.82) is 0 Å². The Morgan fingerprint density at radius 1 is 0.283 bits per heavy atom. The second-order valence-electron chi connectivity index (χ2n) is 27.3. The van der Waals surface area contributed by atoms with Crippen LogP contribution in [-0.4, -0.2) is 8.29 Å². The first-order valence-corrected chi connectivity index (χ1v) is 34.6. The van der Waals surface area contributed by atoms with Gasteiger partial charge in [-0.25, -0.2) is 0 Å². The van der Waals surface area contributed by atoms with Crippen LogP contribution in [0.25, 0.3) is 66.8 Å². The number of rotatable bonds is 2. The zero-order valence-corrected chi connectivity index (χ0v) is 55.0. The van der Waals surface area contributed by atoms with Crippen LogP contribution in [0.2, 0.25) is 0 Å². The molecule has 92 heavy (non-hydrogen) atoms. The zero-order chi connectivity index (χ0) is 62.0. The third-order valence-electron chi connectivity index (χ3n) is 19.2. The molecular weight excluding hydrogens is 1300 g/mol. The van der Waals surface area contributed by atoms with Gasteiger partial charge in [0.05, 0.1) is 0 Å². The first kappa shape index (κ1) is 56.1. The van der Waals surface area contributed by atoms with Crippen molar-refractivity contribution in [3.63, 3.8) is 0 Å². The second-order valence-corrected chi connectivity index (χ2v) is 29.9. The van der Waals surface area contributed by atoms with Crippen LogP contribution in [0.15, 0.2) is 267 Å². The van der Waals surface area contributed by atoms with Gasteiger partial charge in [0.1, 0.15) is 0 Å². The van der Waals surface area contributed by atoms with Gasteiger partial charge in [-0.3, -0.25) is 0 Å². The minimum absolute atomic E-state index is 0.188. The topological polar surface area (TPSA) is 22.2 Å². The Balaban J connectivity index is 1.12. The number of anilines is 8. The number of ether oxygens (including phenoxy) is 1. The first-order chi connectivity index (χ1) is 44.8. The van der Waals surface area contributed by atoms with E-state index in [9.17, 15) is 0 Å². The van der Waals surface area contributed by atoms with Crippen molar-refractivity contribution in [3.05, 3.63) is 300 Å². The van der Waals surface area contributed by atoms with E-state index in [4.69, 9.17) is 4.74 Å². The van der Waals surface area contributed by atoms with E-state index in [1.54, 1.807) is 0 Å². The molecule has 0 N–H and O–H groups in total. The fraction of sp³-hybridized carbons (Fsp3) is 0.140. The molecule has 0 spiro atoms. The Morgan fingerprint density at radius 3 is 0.935 bits per heavy atom. The van der Waals surface area contributed by atoms with Crippen molar-refractivity contribution in [2.45, 2.75) is 78.1 Å². The van der Waals surface area contributed by atoms with Crippen LogP contribution < -0.4 is 24.3 Å². The van der Waals surface area contributed by atoms with Gasteiger partial charge in [-0.1, -0.05) is 0 Å². The summed E-state index contributed by atoms with van der Waals surface area (Å²) in [5, 5.41) is 0. The summed E-state index contributed by atoms with van der Waals surface area (Å²) >= 11 is -1.38. The molecule has 9 aliphatic heterocycles. The van der Waals surface area contributed by atoms with E-state index in [1.165, 1.54) is 97.3 Å². The fourth-order valence-electron chi connectivity index (χ4n) is 14.0. The molecule has 450 valence electrons. The van der Waals surface area contributed by atoms with Gasteiger partial charge in [0, 0.05) is 0 Å². The van der Waals surface area contributed by atoms with Gasteiger partial charge in [0.25, 0.3) is 0 Å². The number of hydrogen-bond donors (Lipinski definition) is 0. The average Bonchev–Trinajstić information content (AvgIpc) is 1.53. The quantitative estimate of drug-likeness (QED) is 0.172. The number of hydrogen-bond acceptors (Lipinski definition) is 5. The van der Waals surface area contributed by atoms with E-state index in [1.807, 2.05) is 0 Å². The van der Waals surface area contributed by atoms with E-state index >= 15 is 0 Å². The number of aryl methyl sites for hydroxylation is 4. The summed E-state index contributed by atoms with van der Waals surface area (Å²) in [4.78, 5) is 10.7. The molecule has 0 saturated heterocycles. The van der Waals surface area contributed by atoms with Gasteiger partial charge in [-0.05, 0) is 0 Å². The molecule has 0 fully saturated rings. The molecule has 0 aliphatic carbocycles. The summed E-state index contributed by atoms with van der Waals surface area (Å²) in [7, 11) is 0. The van der Waals surface area contributed by atoms with E-state index in [-0.39, 0.29) is 10.8 Å². The fourth-order valence-corrected chi connectivity index (χ4v) is 17.7. The van der Waals surface area contributed by atoms with Gasteiger partial charge in [0.2, 0.25) is 0 Å². The van der Waals surface area contributed by atoms with Crippen molar-refractivity contribution in [3.8, 4) is 78.3 Å². The molecule has 0 saturated carbocycles. The average molecular weight is 1370 g/mol. The van der Waals surface area contributed by atoms with Crippen LogP contribution in [0.4, 0.5) is 45.5 Å². The van der Waals surface area contributed by atoms with Crippen LogP contribution in [0, 0.1) is 0 Å². The summed E-state index contributed by atoms with van der Waals surface area (Å²) in [6.45, 7) is 14.2. The maximum atomic E-state index is 7.14. The zero-order valence-electron chi connectivity index (χ0n) is 52.7. The van der Waals surface area contributed by atoms with Crippen LogP contribution in [-0.2, 0) is 54.2 Å². The van der Waals surface area contributed by atoms with Gasteiger partial charge in [-0.2, -0.15) is 0 Å². The van der Waals surface area contributed by atoms with E-state index in [0.717, 1.165) is 93.8 Å². The molecule has 21 rings (SSSR count). The molecule has 5 nitrogen and oxygen atoms in total. The molecule has 0 atom stereocenters. The Labute approximate surface area is 548 Å². The van der Waals surface area contributed by atoms with Gasteiger partial charge in [-0.15, -0.1) is 0 Å². The van der Waals surface area contributed by atoms with Crippen LogP contribution in [0.3, 0.4) is 0 Å². The van der Waals surface area contributed by atoms with Gasteiger partial charge < -0.3 is 0 Å². The second kappa shape index (κ2) is 21.9. The van der Waals surface area contributed by atoms with E-state index in [2.05, 4.69) is 328 Å². The predicted molar refractivity (Wildman–Crippen MR) is 382 cm³/mol. The number of nitrogens with zero attached hydrogens (tertiary/aromatic N) is 4. The molecular formula is C86H70N4OPt. The van der Waals surface area contributed by atoms with Crippen LogP contribution >= 0.6 is 0 Å². The monoisotopic (exact) mass is 1370 g/mol. The number of fused-ring (bicyclic) bond motifs is 14. The third kappa shape index (κ3) is 9.79. The predicted octanol–water partition coefficient (Wildman–Crippen LogP) is 22.1. The molecule has 12 aromatic carbocycles. The first-order valence-electron chi connectivity index (χ1n) is 32.4. The Morgan fingerprint density at radius 2 is 0.609 bits per heavy atom. The molecule has 0 unspecified atom stereocenters. The molecule has 0 radical (unpaired) electrons. The molecule has 0 aromatic heterocycles.